The van der Waals surface area contributed by atoms with Crippen LogP contribution in [0.1, 0.15) is 16.4 Å². The Bertz CT molecular complexity index is 1530. The van der Waals surface area contributed by atoms with Gasteiger partial charge in [-0.15, -0.1) is 0 Å². The van der Waals surface area contributed by atoms with Gasteiger partial charge in [-0.3, -0.25) is 33.9 Å². The number of benzene rings is 2. The van der Waals surface area contributed by atoms with Crippen molar-refractivity contribution in [3.8, 4) is 0 Å². The van der Waals surface area contributed by atoms with Crippen LogP contribution >= 0.6 is 23.1 Å². The summed E-state index contributed by atoms with van der Waals surface area (Å²) in [6.07, 6.45) is 0. The molecule has 13 heteroatoms. The number of carbonyl (C=O) groups is 3. The van der Waals surface area contributed by atoms with Gasteiger partial charge in [0.2, 0.25) is 17.7 Å². The number of aromatic nitrogens is 1. The highest BCUT2D eigenvalue weighted by Gasteiger charge is 2.56. The molecule has 2 saturated heterocycles. The van der Waals surface area contributed by atoms with Gasteiger partial charge in [0.1, 0.15) is 11.8 Å². The van der Waals surface area contributed by atoms with E-state index < -0.39 is 33.8 Å². The van der Waals surface area contributed by atoms with Gasteiger partial charge in [0.25, 0.3) is 5.69 Å². The predicted octanol–water partition coefficient (Wildman–Crippen LogP) is 2.47. The third-order valence-corrected chi connectivity index (χ3v) is 9.79. The van der Waals surface area contributed by atoms with Crippen LogP contribution in [-0.4, -0.2) is 63.7 Å². The molecule has 39 heavy (non-hydrogen) atoms. The van der Waals surface area contributed by atoms with Crippen molar-refractivity contribution in [3.05, 3.63) is 84.8 Å². The van der Waals surface area contributed by atoms with Crippen molar-refractivity contribution in [1.82, 2.24) is 9.47 Å². The second-order valence-electron chi connectivity index (χ2n) is 9.35. The summed E-state index contributed by atoms with van der Waals surface area (Å²) < 4.78 is 6.74. The van der Waals surface area contributed by atoms with Crippen LogP contribution in [0.4, 0.5) is 11.4 Å². The zero-order valence-corrected chi connectivity index (χ0v) is 22.1. The van der Waals surface area contributed by atoms with Gasteiger partial charge in [0.05, 0.1) is 34.8 Å². The van der Waals surface area contributed by atoms with Gasteiger partial charge in [-0.25, -0.2) is 4.90 Å². The summed E-state index contributed by atoms with van der Waals surface area (Å²) in [4.78, 5) is 67.4. The van der Waals surface area contributed by atoms with Crippen molar-refractivity contribution >= 4 is 52.2 Å². The normalized spacial score (nSPS) is 22.5. The van der Waals surface area contributed by atoms with Gasteiger partial charge in [0.15, 0.2) is 0 Å². The van der Waals surface area contributed by atoms with Crippen LogP contribution in [0.15, 0.2) is 64.4 Å². The quantitative estimate of drug-likeness (QED) is 0.261. The summed E-state index contributed by atoms with van der Waals surface area (Å²) in [5, 5.41) is 10.8. The number of thiazole rings is 1. The molecule has 3 atom stereocenters. The van der Waals surface area contributed by atoms with Crippen LogP contribution in [-0.2, 0) is 25.7 Å². The number of imide groups is 1. The second-order valence-corrected chi connectivity index (χ2v) is 11.5. The van der Waals surface area contributed by atoms with Crippen molar-refractivity contribution in [2.75, 3.05) is 31.2 Å². The van der Waals surface area contributed by atoms with Crippen LogP contribution in [0.25, 0.3) is 0 Å². The highest BCUT2D eigenvalue weighted by Crippen LogP contribution is 2.53. The molecule has 3 aliphatic heterocycles. The fraction of sp³-hybridized carbons (Fsp3) is 0.308. The third-order valence-electron chi connectivity index (χ3n) is 7.18. The summed E-state index contributed by atoms with van der Waals surface area (Å²) >= 11 is 2.14. The molecule has 2 fully saturated rings. The van der Waals surface area contributed by atoms with Crippen LogP contribution in [0, 0.1) is 16.0 Å². The summed E-state index contributed by atoms with van der Waals surface area (Å²) in [6.45, 7) is 1.60. The minimum atomic E-state index is -0.830. The topological polar surface area (TPSA) is 132 Å². The number of morpholine rings is 1. The van der Waals surface area contributed by atoms with E-state index in [1.165, 1.54) is 28.8 Å². The SMILES string of the molecule is O=C(Cn1c2c(sc1=O)[C@H](c1ccccc1)C1C(=O)N(c3ccc([N+](=O)[O-])cc3)C(=O)C1S2)N1CCOCC1. The van der Waals surface area contributed by atoms with E-state index in [4.69, 9.17) is 4.74 Å². The summed E-state index contributed by atoms with van der Waals surface area (Å²) in [6, 6.07) is 14.5. The number of hydrogen-bond acceptors (Lipinski definition) is 9. The van der Waals surface area contributed by atoms with Crippen molar-refractivity contribution in [3.63, 3.8) is 0 Å². The zero-order valence-electron chi connectivity index (χ0n) is 20.4. The lowest BCUT2D eigenvalue weighted by atomic mass is 9.83. The largest absolute Gasteiger partial charge is 0.378 e. The number of nitro groups is 1. The van der Waals surface area contributed by atoms with Crippen LogP contribution in [0.3, 0.4) is 0 Å². The lowest BCUT2D eigenvalue weighted by Gasteiger charge is -2.31. The maximum atomic E-state index is 13.8. The van der Waals surface area contributed by atoms with Gasteiger partial charge in [-0.1, -0.05) is 53.4 Å². The molecule has 0 saturated carbocycles. The van der Waals surface area contributed by atoms with Gasteiger partial charge < -0.3 is 9.64 Å². The molecule has 3 amide bonds. The number of thioether (sulfide) groups is 1. The fourth-order valence-corrected chi connectivity index (χ4v) is 8.07. The molecule has 0 N–H and O–H groups in total. The Labute approximate surface area is 230 Å². The number of non-ortho nitro benzene ring substituents is 1. The zero-order chi connectivity index (χ0) is 27.3. The number of ether oxygens (including phenoxy) is 1. The second kappa shape index (κ2) is 10.1. The summed E-state index contributed by atoms with van der Waals surface area (Å²) in [5.41, 5.74) is 0.886. The molecule has 0 spiro atoms. The van der Waals surface area contributed by atoms with Crippen molar-refractivity contribution < 1.29 is 24.0 Å². The summed E-state index contributed by atoms with van der Waals surface area (Å²) in [7, 11) is 0. The lowest BCUT2D eigenvalue weighted by Crippen LogP contribution is -2.43. The Balaban J connectivity index is 1.40. The van der Waals surface area contributed by atoms with Gasteiger partial charge in [-0.2, -0.15) is 0 Å². The maximum absolute atomic E-state index is 13.8. The smallest absolute Gasteiger partial charge is 0.308 e. The first kappa shape index (κ1) is 25.5. The van der Waals surface area contributed by atoms with E-state index >= 15 is 0 Å². The van der Waals surface area contributed by atoms with Crippen molar-refractivity contribution in [1.29, 1.82) is 0 Å². The number of hydrogen-bond donors (Lipinski definition) is 0. The highest BCUT2D eigenvalue weighted by molar-refractivity contribution is 8.00. The number of amides is 3. The van der Waals surface area contributed by atoms with E-state index in [0.717, 1.165) is 33.6 Å². The highest BCUT2D eigenvalue weighted by atomic mass is 32.2. The van der Waals surface area contributed by atoms with Crippen LogP contribution < -0.4 is 9.77 Å². The van der Waals surface area contributed by atoms with Crippen LogP contribution in [0.2, 0.25) is 0 Å². The predicted molar refractivity (Wildman–Crippen MR) is 143 cm³/mol. The molecule has 3 aliphatic rings. The molecule has 2 unspecified atom stereocenters. The Morgan fingerprint density at radius 3 is 2.36 bits per heavy atom. The Kier molecular flexibility index (Phi) is 6.57. The van der Waals surface area contributed by atoms with E-state index in [1.54, 1.807) is 4.90 Å². The molecule has 6 rings (SSSR count). The van der Waals surface area contributed by atoms with Gasteiger partial charge in [-0.05, 0) is 17.7 Å². The van der Waals surface area contributed by atoms with Crippen molar-refractivity contribution in [2.24, 2.45) is 5.92 Å². The van der Waals surface area contributed by atoms with Gasteiger partial charge >= 0.3 is 4.87 Å². The molecular formula is C26H22N4O7S2. The molecule has 3 aromatic rings. The van der Waals surface area contributed by atoms with E-state index in [2.05, 4.69) is 0 Å². The molecule has 0 aliphatic carbocycles. The number of anilines is 1. The Hall–Kier alpha value is -3.81. The lowest BCUT2D eigenvalue weighted by molar-refractivity contribution is -0.384. The minimum absolute atomic E-state index is 0.150. The first-order valence-corrected chi connectivity index (χ1v) is 14.0. The molecular weight excluding hydrogens is 544 g/mol. The first-order valence-electron chi connectivity index (χ1n) is 12.3. The Morgan fingerprint density at radius 1 is 1.00 bits per heavy atom. The first-order chi connectivity index (χ1) is 18.8. The van der Waals surface area contributed by atoms with E-state index in [0.29, 0.717) is 36.2 Å². The molecule has 11 nitrogen and oxygen atoms in total. The fourth-order valence-electron chi connectivity index (χ4n) is 5.30. The van der Waals surface area contributed by atoms with E-state index in [1.807, 2.05) is 30.3 Å². The monoisotopic (exact) mass is 566 g/mol. The van der Waals surface area contributed by atoms with E-state index in [-0.39, 0.29) is 28.7 Å². The van der Waals surface area contributed by atoms with Crippen molar-refractivity contribution in [2.45, 2.75) is 22.7 Å². The number of nitrogens with zero attached hydrogens (tertiary/aromatic N) is 4. The standard InChI is InChI=1S/C26H22N4O7S2/c31-18(27-10-12-37-13-11-27)14-28-25-22(39-26(28)34)19(15-4-2-1-3-5-15)20-21(38-25)24(33)29(23(20)32)16-6-8-17(9-7-16)30(35)36/h1-9,19-21H,10-14H2/t19-,20?,21?/m1/s1. The average Bonchev–Trinajstić information content (AvgIpc) is 3.40. The molecule has 0 radical (unpaired) electrons. The van der Waals surface area contributed by atoms with Crippen LogP contribution in [0.5, 0.6) is 0 Å². The maximum Gasteiger partial charge on any atom is 0.308 e. The summed E-state index contributed by atoms with van der Waals surface area (Å²) in [5.74, 6) is -2.44. The third kappa shape index (κ3) is 4.36. The minimum Gasteiger partial charge on any atom is -0.378 e. The molecule has 0 bridgehead atoms. The number of rotatable bonds is 5. The Morgan fingerprint density at radius 2 is 1.69 bits per heavy atom. The van der Waals surface area contributed by atoms with E-state index in [9.17, 15) is 29.3 Å². The van der Waals surface area contributed by atoms with Gasteiger partial charge in [0, 0.05) is 36.0 Å². The molecule has 2 aromatic carbocycles. The number of fused-ring (bicyclic) bond motifs is 2. The average molecular weight is 567 g/mol. The molecule has 1 aromatic heterocycles. The number of nitro benzene ring substituents is 1. The molecule has 200 valence electrons. The number of carbonyl (C=O) groups excluding carboxylic acids is 3. The molecule has 4 heterocycles.